The van der Waals surface area contributed by atoms with Gasteiger partial charge in [-0.25, -0.2) is 4.98 Å². The average Bonchev–Trinajstić information content (AvgIpc) is 3.10. The summed E-state index contributed by atoms with van der Waals surface area (Å²) in [6, 6.07) is 0.749. The van der Waals surface area contributed by atoms with Crippen LogP contribution in [0.5, 0.6) is 0 Å². The number of ether oxygens (including phenoxy) is 1. The normalized spacial score (nSPS) is 18.9. The van der Waals surface area contributed by atoms with Gasteiger partial charge in [0.2, 0.25) is 0 Å². The number of rotatable bonds is 7. The molecule has 0 amide bonds. The number of hydrogen-bond acceptors (Lipinski definition) is 4. The van der Waals surface area contributed by atoms with Gasteiger partial charge in [-0.1, -0.05) is 6.92 Å². The third-order valence-corrected chi connectivity index (χ3v) is 5.01. The Morgan fingerprint density at radius 1 is 1.44 bits per heavy atom. The van der Waals surface area contributed by atoms with Crippen molar-refractivity contribution in [3.63, 3.8) is 0 Å². The van der Waals surface area contributed by atoms with Crippen LogP contribution >= 0.6 is 11.3 Å². The molecule has 0 aromatic carbocycles. The fourth-order valence-electron chi connectivity index (χ4n) is 1.98. The van der Waals surface area contributed by atoms with Crippen LogP contribution in [0.25, 0.3) is 0 Å². The van der Waals surface area contributed by atoms with Gasteiger partial charge in [-0.3, -0.25) is 0 Å². The number of hydrogen-bond donors (Lipinski definition) is 1. The minimum atomic E-state index is -0.220. The summed E-state index contributed by atoms with van der Waals surface area (Å²) < 4.78 is 5.90. The van der Waals surface area contributed by atoms with Gasteiger partial charge in [-0.15, -0.1) is 11.3 Å². The van der Waals surface area contributed by atoms with Crippen molar-refractivity contribution < 1.29 is 4.74 Å². The molecule has 1 fully saturated rings. The molecule has 1 unspecified atom stereocenters. The van der Waals surface area contributed by atoms with Gasteiger partial charge in [0.1, 0.15) is 10.6 Å². The van der Waals surface area contributed by atoms with Crippen LogP contribution in [0, 0.1) is 6.92 Å². The third-order valence-electron chi connectivity index (χ3n) is 3.61. The summed E-state index contributed by atoms with van der Waals surface area (Å²) in [7, 11) is 0. The van der Waals surface area contributed by atoms with Gasteiger partial charge in [0, 0.05) is 24.1 Å². The van der Waals surface area contributed by atoms with Gasteiger partial charge in [-0.2, -0.15) is 0 Å². The van der Waals surface area contributed by atoms with Gasteiger partial charge in [0.15, 0.2) is 0 Å². The van der Waals surface area contributed by atoms with Crippen molar-refractivity contribution in [1.29, 1.82) is 0 Å². The van der Waals surface area contributed by atoms with E-state index in [9.17, 15) is 0 Å². The molecule has 18 heavy (non-hydrogen) atoms. The molecule has 3 nitrogen and oxygen atoms in total. The Labute approximate surface area is 114 Å². The number of nitrogens with zero attached hydrogens (tertiary/aromatic N) is 1. The summed E-state index contributed by atoms with van der Waals surface area (Å²) in [5.41, 5.74) is 0.935. The molecule has 0 aliphatic heterocycles. The quantitative estimate of drug-likeness (QED) is 0.823. The molecule has 1 atom stereocenters. The molecule has 0 radical (unpaired) electrons. The van der Waals surface area contributed by atoms with E-state index in [0.29, 0.717) is 0 Å². The standard InChI is InChI=1S/C14H24N2OS/c1-5-14(4,17-6-2)13-16-10(3)12(18-13)9-15-11-7-8-11/h11,15H,5-9H2,1-4H3. The summed E-state index contributed by atoms with van der Waals surface area (Å²) in [4.78, 5) is 6.08. The predicted molar refractivity (Wildman–Crippen MR) is 76.0 cm³/mol. The smallest absolute Gasteiger partial charge is 0.125 e. The van der Waals surface area contributed by atoms with Crippen LogP contribution in [-0.2, 0) is 16.9 Å². The van der Waals surface area contributed by atoms with E-state index in [-0.39, 0.29) is 5.60 Å². The fourth-order valence-corrected chi connectivity index (χ4v) is 3.16. The molecule has 1 saturated carbocycles. The highest BCUT2D eigenvalue weighted by molar-refractivity contribution is 7.11. The van der Waals surface area contributed by atoms with Crippen molar-refractivity contribution in [3.8, 4) is 0 Å². The summed E-state index contributed by atoms with van der Waals surface area (Å²) in [6.45, 7) is 10.1. The molecule has 1 aliphatic carbocycles. The topological polar surface area (TPSA) is 34.1 Å². The van der Waals surface area contributed by atoms with Gasteiger partial charge < -0.3 is 10.1 Å². The Morgan fingerprint density at radius 3 is 2.72 bits per heavy atom. The lowest BCUT2D eigenvalue weighted by Gasteiger charge is -2.25. The third kappa shape index (κ3) is 3.11. The lowest BCUT2D eigenvalue weighted by Crippen LogP contribution is -2.24. The Balaban J connectivity index is 2.09. The Hall–Kier alpha value is -0.450. The van der Waals surface area contributed by atoms with E-state index >= 15 is 0 Å². The molecule has 102 valence electrons. The van der Waals surface area contributed by atoms with E-state index in [4.69, 9.17) is 9.72 Å². The largest absolute Gasteiger partial charge is 0.368 e. The first-order chi connectivity index (χ1) is 8.59. The van der Waals surface area contributed by atoms with E-state index in [1.807, 2.05) is 6.92 Å². The van der Waals surface area contributed by atoms with Gasteiger partial charge in [0.05, 0.1) is 5.69 Å². The Kier molecular flexibility index (Phi) is 4.41. The molecule has 1 aromatic heterocycles. The van der Waals surface area contributed by atoms with Crippen LogP contribution in [0.4, 0.5) is 0 Å². The van der Waals surface area contributed by atoms with Crippen molar-refractivity contribution in [2.45, 2.75) is 65.1 Å². The van der Waals surface area contributed by atoms with Gasteiger partial charge >= 0.3 is 0 Å². The molecule has 4 heteroatoms. The van der Waals surface area contributed by atoms with Crippen LogP contribution in [-0.4, -0.2) is 17.6 Å². The molecule has 0 saturated heterocycles. The first kappa shape index (κ1) is 14.0. The molecule has 1 aromatic rings. The average molecular weight is 268 g/mol. The zero-order valence-corrected chi connectivity index (χ0v) is 12.7. The molecule has 2 rings (SSSR count). The molecule has 1 heterocycles. The monoisotopic (exact) mass is 268 g/mol. The van der Waals surface area contributed by atoms with E-state index in [1.54, 1.807) is 11.3 Å². The minimum absolute atomic E-state index is 0.220. The summed E-state index contributed by atoms with van der Waals surface area (Å²) in [5.74, 6) is 0. The lowest BCUT2D eigenvalue weighted by atomic mass is 10.0. The molecule has 1 aliphatic rings. The van der Waals surface area contributed by atoms with E-state index in [1.165, 1.54) is 17.7 Å². The fraction of sp³-hybridized carbons (Fsp3) is 0.786. The zero-order chi connectivity index (χ0) is 13.2. The van der Waals surface area contributed by atoms with Crippen LogP contribution in [0.3, 0.4) is 0 Å². The maximum atomic E-state index is 5.90. The maximum absolute atomic E-state index is 5.90. The Morgan fingerprint density at radius 2 is 2.17 bits per heavy atom. The van der Waals surface area contributed by atoms with Crippen LogP contribution in [0.2, 0.25) is 0 Å². The maximum Gasteiger partial charge on any atom is 0.125 e. The molecule has 0 spiro atoms. The van der Waals surface area contributed by atoms with Gasteiger partial charge in [0.25, 0.3) is 0 Å². The summed E-state index contributed by atoms with van der Waals surface area (Å²) >= 11 is 1.80. The zero-order valence-electron chi connectivity index (χ0n) is 11.9. The minimum Gasteiger partial charge on any atom is -0.368 e. The summed E-state index contributed by atoms with van der Waals surface area (Å²) in [5, 5.41) is 4.68. The molecular formula is C14H24N2OS. The number of aromatic nitrogens is 1. The SMILES string of the molecule is CCOC(C)(CC)c1nc(C)c(CNC2CC2)s1. The van der Waals surface area contributed by atoms with Crippen molar-refractivity contribution in [3.05, 3.63) is 15.6 Å². The first-order valence-corrected chi connectivity index (χ1v) is 7.74. The summed E-state index contributed by atoms with van der Waals surface area (Å²) in [6.07, 6.45) is 3.62. The lowest BCUT2D eigenvalue weighted by molar-refractivity contribution is -0.0325. The number of nitrogens with one attached hydrogen (secondary N) is 1. The van der Waals surface area contributed by atoms with Crippen molar-refractivity contribution in [2.75, 3.05) is 6.61 Å². The van der Waals surface area contributed by atoms with Crippen LogP contribution in [0.1, 0.15) is 55.6 Å². The first-order valence-electron chi connectivity index (χ1n) is 6.93. The number of thiazole rings is 1. The Bertz CT molecular complexity index is 400. The van der Waals surface area contributed by atoms with E-state index in [2.05, 4.69) is 26.1 Å². The molecule has 0 bridgehead atoms. The van der Waals surface area contributed by atoms with Crippen molar-refractivity contribution >= 4 is 11.3 Å². The number of aryl methyl sites for hydroxylation is 1. The highest BCUT2D eigenvalue weighted by atomic mass is 32.1. The molecule has 1 N–H and O–H groups in total. The second-order valence-electron chi connectivity index (χ2n) is 5.20. The second-order valence-corrected chi connectivity index (χ2v) is 6.28. The van der Waals surface area contributed by atoms with E-state index in [0.717, 1.165) is 36.3 Å². The van der Waals surface area contributed by atoms with Crippen LogP contribution < -0.4 is 5.32 Å². The van der Waals surface area contributed by atoms with Crippen molar-refractivity contribution in [1.82, 2.24) is 10.3 Å². The molecular weight excluding hydrogens is 244 g/mol. The van der Waals surface area contributed by atoms with Gasteiger partial charge in [-0.05, 0) is 40.0 Å². The predicted octanol–water partition coefficient (Wildman–Crippen LogP) is 3.37. The second kappa shape index (κ2) is 5.68. The highest BCUT2D eigenvalue weighted by Crippen LogP contribution is 2.34. The van der Waals surface area contributed by atoms with Crippen molar-refractivity contribution in [2.24, 2.45) is 0 Å². The van der Waals surface area contributed by atoms with Crippen LogP contribution in [0.15, 0.2) is 0 Å². The highest BCUT2D eigenvalue weighted by Gasteiger charge is 2.30. The van der Waals surface area contributed by atoms with E-state index < -0.39 is 0 Å².